The Morgan fingerprint density at radius 2 is 1.32 bits per heavy atom. The van der Waals surface area contributed by atoms with E-state index in [4.69, 9.17) is 4.74 Å². The molecule has 0 aromatic heterocycles. The molecular weight excluding hydrogens is 304 g/mol. The standard InChI is InChI=1S/C24H28O/c1-3-17-25-18-20-7-11-22(12-8-20)24-15-13-23(14-16-24)21-9-5-19(4-2)6-10-21/h3-12,23-24H,1-2,13-18H2/t23-,24-. The molecule has 1 heteroatoms. The van der Waals surface area contributed by atoms with Crippen molar-refractivity contribution in [1.82, 2.24) is 0 Å². The van der Waals surface area contributed by atoms with Gasteiger partial charge in [-0.1, -0.05) is 67.3 Å². The summed E-state index contributed by atoms with van der Waals surface area (Å²) in [6.45, 7) is 8.78. The van der Waals surface area contributed by atoms with Crippen molar-refractivity contribution in [1.29, 1.82) is 0 Å². The van der Waals surface area contributed by atoms with Crippen LogP contribution in [-0.4, -0.2) is 6.61 Å². The molecule has 1 fully saturated rings. The van der Waals surface area contributed by atoms with Gasteiger partial charge in [-0.3, -0.25) is 0 Å². The summed E-state index contributed by atoms with van der Waals surface area (Å²) in [5.41, 5.74) is 5.41. The van der Waals surface area contributed by atoms with E-state index in [1.165, 1.54) is 47.9 Å². The van der Waals surface area contributed by atoms with E-state index in [0.717, 1.165) is 0 Å². The second-order valence-electron chi connectivity index (χ2n) is 6.96. The van der Waals surface area contributed by atoms with Crippen molar-refractivity contribution in [3.8, 4) is 0 Å². The lowest BCUT2D eigenvalue weighted by molar-refractivity contribution is 0.149. The second kappa shape index (κ2) is 8.82. The van der Waals surface area contributed by atoms with E-state index < -0.39 is 0 Å². The Hall–Kier alpha value is -2.12. The molecule has 0 atom stereocenters. The Morgan fingerprint density at radius 1 is 0.800 bits per heavy atom. The van der Waals surface area contributed by atoms with Crippen molar-refractivity contribution in [2.45, 2.75) is 44.1 Å². The monoisotopic (exact) mass is 332 g/mol. The molecule has 25 heavy (non-hydrogen) atoms. The van der Waals surface area contributed by atoms with Crippen LogP contribution in [0.3, 0.4) is 0 Å². The third-order valence-corrected chi connectivity index (χ3v) is 5.33. The molecule has 0 aliphatic heterocycles. The first-order valence-corrected chi connectivity index (χ1v) is 9.30. The molecule has 0 amide bonds. The highest BCUT2D eigenvalue weighted by Crippen LogP contribution is 2.40. The molecule has 0 saturated heterocycles. The third-order valence-electron chi connectivity index (χ3n) is 5.33. The van der Waals surface area contributed by atoms with Crippen LogP contribution in [0.1, 0.15) is 59.8 Å². The highest BCUT2D eigenvalue weighted by Gasteiger charge is 2.23. The summed E-state index contributed by atoms with van der Waals surface area (Å²) >= 11 is 0. The number of rotatable bonds is 7. The molecule has 3 rings (SSSR count). The topological polar surface area (TPSA) is 9.23 Å². The lowest BCUT2D eigenvalue weighted by atomic mass is 9.76. The SMILES string of the molecule is C=CCOCc1ccc([C@H]2CC[C@H](c3ccc(C=C)cc3)CC2)cc1. The van der Waals surface area contributed by atoms with Gasteiger partial charge in [-0.2, -0.15) is 0 Å². The fraction of sp³-hybridized carbons (Fsp3) is 0.333. The van der Waals surface area contributed by atoms with E-state index in [-0.39, 0.29) is 0 Å². The maximum Gasteiger partial charge on any atom is 0.0721 e. The summed E-state index contributed by atoms with van der Waals surface area (Å²) in [6, 6.07) is 17.9. The van der Waals surface area contributed by atoms with Crippen molar-refractivity contribution < 1.29 is 4.74 Å². The van der Waals surface area contributed by atoms with Crippen molar-refractivity contribution in [3.05, 3.63) is 90.0 Å². The molecule has 1 aliphatic carbocycles. The Labute approximate surface area is 152 Å². The zero-order valence-corrected chi connectivity index (χ0v) is 15.0. The van der Waals surface area contributed by atoms with Crippen molar-refractivity contribution in [2.24, 2.45) is 0 Å². The Morgan fingerprint density at radius 3 is 1.80 bits per heavy atom. The van der Waals surface area contributed by atoms with Crippen molar-refractivity contribution in [3.63, 3.8) is 0 Å². The van der Waals surface area contributed by atoms with Gasteiger partial charge in [0.15, 0.2) is 0 Å². The largest absolute Gasteiger partial charge is 0.373 e. The van der Waals surface area contributed by atoms with Crippen LogP contribution in [0, 0.1) is 0 Å². The number of ether oxygens (including phenoxy) is 1. The lowest BCUT2D eigenvalue weighted by Gasteiger charge is -2.29. The van der Waals surface area contributed by atoms with Crippen molar-refractivity contribution in [2.75, 3.05) is 6.61 Å². The molecule has 0 N–H and O–H groups in total. The quantitative estimate of drug-likeness (QED) is 0.417. The molecule has 1 nitrogen and oxygen atoms in total. The van der Waals surface area contributed by atoms with E-state index in [1.807, 2.05) is 6.08 Å². The van der Waals surface area contributed by atoms with E-state index in [9.17, 15) is 0 Å². The van der Waals surface area contributed by atoms with E-state index in [0.29, 0.717) is 25.0 Å². The maximum absolute atomic E-state index is 5.51. The molecule has 0 unspecified atom stereocenters. The van der Waals surface area contributed by atoms with E-state index in [1.54, 1.807) is 6.08 Å². The fourth-order valence-electron chi connectivity index (χ4n) is 3.81. The zero-order chi connectivity index (χ0) is 17.5. The first-order chi connectivity index (χ1) is 12.3. The normalized spacial score (nSPS) is 20.2. The summed E-state index contributed by atoms with van der Waals surface area (Å²) in [5, 5.41) is 0. The molecule has 0 radical (unpaired) electrons. The minimum atomic E-state index is 0.611. The Kier molecular flexibility index (Phi) is 6.25. The van der Waals surface area contributed by atoms with Gasteiger partial charge in [0.05, 0.1) is 13.2 Å². The number of hydrogen-bond acceptors (Lipinski definition) is 1. The first kappa shape index (κ1) is 17.7. The Balaban J connectivity index is 1.54. The van der Waals surface area contributed by atoms with Crippen molar-refractivity contribution >= 4 is 6.08 Å². The zero-order valence-electron chi connectivity index (χ0n) is 15.0. The van der Waals surface area contributed by atoms with Gasteiger partial charge in [0.25, 0.3) is 0 Å². The van der Waals surface area contributed by atoms with Crippen LogP contribution >= 0.6 is 0 Å². The van der Waals surface area contributed by atoms with E-state index in [2.05, 4.69) is 61.7 Å². The summed E-state index contributed by atoms with van der Waals surface area (Å²) < 4.78 is 5.51. The summed E-state index contributed by atoms with van der Waals surface area (Å²) in [4.78, 5) is 0. The summed E-state index contributed by atoms with van der Waals surface area (Å²) in [5.74, 6) is 1.41. The van der Waals surface area contributed by atoms with Crippen LogP contribution < -0.4 is 0 Å². The van der Waals surface area contributed by atoms with Crippen LogP contribution in [0.15, 0.2) is 67.8 Å². The minimum Gasteiger partial charge on any atom is -0.373 e. The number of hydrogen-bond donors (Lipinski definition) is 0. The number of benzene rings is 2. The molecular formula is C24H28O. The summed E-state index contributed by atoms with van der Waals surface area (Å²) in [7, 11) is 0. The smallest absolute Gasteiger partial charge is 0.0721 e. The minimum absolute atomic E-state index is 0.611. The fourth-order valence-corrected chi connectivity index (χ4v) is 3.81. The van der Waals surface area contributed by atoms with Crippen LogP contribution in [0.25, 0.3) is 6.08 Å². The van der Waals surface area contributed by atoms with Gasteiger partial charge in [0.1, 0.15) is 0 Å². The van der Waals surface area contributed by atoms with Crippen LogP contribution in [0.5, 0.6) is 0 Å². The lowest BCUT2D eigenvalue weighted by Crippen LogP contribution is -2.12. The van der Waals surface area contributed by atoms with Crippen LogP contribution in [0.2, 0.25) is 0 Å². The molecule has 2 aromatic rings. The van der Waals surface area contributed by atoms with Gasteiger partial charge < -0.3 is 4.74 Å². The molecule has 2 aromatic carbocycles. The Bertz CT molecular complexity index is 673. The highest BCUT2D eigenvalue weighted by molar-refractivity contribution is 5.47. The molecule has 130 valence electrons. The van der Waals surface area contributed by atoms with Crippen LogP contribution in [0.4, 0.5) is 0 Å². The van der Waals surface area contributed by atoms with Gasteiger partial charge >= 0.3 is 0 Å². The first-order valence-electron chi connectivity index (χ1n) is 9.30. The predicted octanol–water partition coefficient (Wildman–Crippen LogP) is 6.47. The third kappa shape index (κ3) is 4.70. The second-order valence-corrected chi connectivity index (χ2v) is 6.96. The van der Waals surface area contributed by atoms with Gasteiger partial charge in [-0.15, -0.1) is 6.58 Å². The predicted molar refractivity (Wildman–Crippen MR) is 107 cm³/mol. The van der Waals surface area contributed by atoms with Gasteiger partial charge in [-0.25, -0.2) is 0 Å². The van der Waals surface area contributed by atoms with Gasteiger partial charge in [0.2, 0.25) is 0 Å². The van der Waals surface area contributed by atoms with Gasteiger partial charge in [-0.05, 0) is 59.8 Å². The molecule has 0 spiro atoms. The maximum atomic E-state index is 5.51. The van der Waals surface area contributed by atoms with Gasteiger partial charge in [0, 0.05) is 0 Å². The molecule has 0 heterocycles. The average molecular weight is 332 g/mol. The molecule has 1 aliphatic rings. The molecule has 1 saturated carbocycles. The average Bonchev–Trinajstić information content (AvgIpc) is 2.69. The highest BCUT2D eigenvalue weighted by atomic mass is 16.5. The van der Waals surface area contributed by atoms with E-state index >= 15 is 0 Å². The summed E-state index contributed by atoms with van der Waals surface area (Å²) in [6.07, 6.45) is 8.81. The molecule has 0 bridgehead atoms. The van der Waals surface area contributed by atoms with Crippen LogP contribution in [-0.2, 0) is 11.3 Å².